The van der Waals surface area contributed by atoms with Crippen LogP contribution < -0.4 is 20.7 Å². The highest BCUT2D eigenvalue weighted by molar-refractivity contribution is 6.32. The van der Waals surface area contributed by atoms with Crippen LogP contribution in [0.4, 0.5) is 24.7 Å². The number of anilines is 2. The molecule has 6 heterocycles. The van der Waals surface area contributed by atoms with Gasteiger partial charge in [0, 0.05) is 50.0 Å². The minimum absolute atomic E-state index is 0.0228. The molecule has 2 aromatic carbocycles. The maximum atomic E-state index is 16.8. The van der Waals surface area contributed by atoms with Crippen molar-refractivity contribution in [2.45, 2.75) is 75.9 Å². The van der Waals surface area contributed by atoms with Crippen LogP contribution in [0.15, 0.2) is 18.2 Å². The molecule has 5 aliphatic rings. The number of hydrogen-bond donors (Lipinski definition) is 2. The fourth-order valence-electron chi connectivity index (χ4n) is 8.04. The molecule has 3 atom stereocenters. The summed E-state index contributed by atoms with van der Waals surface area (Å²) in [5, 5.41) is 3.44. The van der Waals surface area contributed by atoms with Gasteiger partial charge in [-0.1, -0.05) is 17.7 Å². The van der Waals surface area contributed by atoms with Crippen LogP contribution in [0.25, 0.3) is 22.0 Å². The molecular weight excluding hydrogens is 617 g/mol. The number of fused-ring (bicyclic) bond motifs is 9. The van der Waals surface area contributed by atoms with Crippen LogP contribution in [-0.4, -0.2) is 71.8 Å². The van der Waals surface area contributed by atoms with E-state index < -0.39 is 23.3 Å². The third kappa shape index (κ3) is 5.85. The molecule has 6 bridgehead atoms. The molecule has 1 amide bonds. The zero-order chi connectivity index (χ0) is 32.0. The van der Waals surface area contributed by atoms with Crippen LogP contribution >= 0.6 is 11.6 Å². The predicted octanol–water partition coefficient (Wildman–Crippen LogP) is 6.21. The molecule has 3 fully saturated rings. The summed E-state index contributed by atoms with van der Waals surface area (Å²) < 4.78 is 52.5. The first-order chi connectivity index (χ1) is 22.2. The van der Waals surface area contributed by atoms with Crippen LogP contribution in [0.3, 0.4) is 0 Å². The van der Waals surface area contributed by atoms with Gasteiger partial charge in [0.15, 0.2) is 11.6 Å². The molecule has 0 radical (unpaired) electrons. The van der Waals surface area contributed by atoms with Gasteiger partial charge in [0.05, 0.1) is 16.2 Å². The van der Waals surface area contributed by atoms with E-state index in [0.29, 0.717) is 80.0 Å². The Kier molecular flexibility index (Phi) is 8.65. The third-order valence-electron chi connectivity index (χ3n) is 10.4. The minimum Gasteiger partial charge on any atom is -0.461 e. The maximum Gasteiger partial charge on any atom is 0.319 e. The summed E-state index contributed by atoms with van der Waals surface area (Å²) in [5.74, 6) is -0.472. The molecule has 8 nitrogen and oxygen atoms in total. The van der Waals surface area contributed by atoms with Crippen molar-refractivity contribution in [1.82, 2.24) is 20.2 Å². The van der Waals surface area contributed by atoms with Crippen molar-refractivity contribution in [2.75, 3.05) is 50.0 Å². The fraction of sp³-hybridized carbons (Fsp3) is 0.559. The van der Waals surface area contributed by atoms with Gasteiger partial charge in [-0.15, -0.1) is 0 Å². The number of benzene rings is 2. The number of halogens is 4. The molecular formula is C34H40ClF3N6O2. The Morgan fingerprint density at radius 2 is 1.89 bits per heavy atom. The molecule has 3 N–H and O–H groups in total. The van der Waals surface area contributed by atoms with Crippen LogP contribution in [0.5, 0.6) is 6.01 Å². The number of rotatable bonds is 3. The summed E-state index contributed by atoms with van der Waals surface area (Å²) in [4.78, 5) is 26.3. The number of carbonyl (C=O) groups is 1. The smallest absolute Gasteiger partial charge is 0.319 e. The van der Waals surface area contributed by atoms with E-state index in [1.807, 2.05) is 0 Å². The second-order valence-corrected chi connectivity index (χ2v) is 13.8. The standard InChI is InChI=1S/C34H40ClF3N6O2/c35-28-22-6-1-2-7-27(45)40-12-10-20-5-3-13-43(17-20)32-24-9-8-23(25(22)15-26(39)30(28)38)29(37)31(24)41-33(42-32)46-19-34-11-4-14-44(34)18-21(36)16-34/h8-9,15,20-21H,1-7,10-14,16-19,39H2,(H,40,45)/t20?,21-,34+/m1/s1. The minimum atomic E-state index is -0.906. The molecule has 1 aromatic heterocycles. The van der Waals surface area contributed by atoms with Crippen molar-refractivity contribution in [3.63, 3.8) is 0 Å². The van der Waals surface area contributed by atoms with Gasteiger partial charge in [0.1, 0.15) is 24.1 Å². The Bertz CT molecular complexity index is 1660. The van der Waals surface area contributed by atoms with Gasteiger partial charge >= 0.3 is 6.01 Å². The summed E-state index contributed by atoms with van der Waals surface area (Å²) in [6, 6.07) is 4.93. The van der Waals surface area contributed by atoms with Gasteiger partial charge in [0.25, 0.3) is 0 Å². The van der Waals surface area contributed by atoms with E-state index in [1.165, 1.54) is 6.07 Å². The van der Waals surface area contributed by atoms with Crippen LogP contribution in [-0.2, 0) is 11.2 Å². The number of amides is 1. The van der Waals surface area contributed by atoms with E-state index in [4.69, 9.17) is 27.1 Å². The number of nitrogen functional groups attached to an aromatic ring is 1. The van der Waals surface area contributed by atoms with E-state index in [-0.39, 0.29) is 40.3 Å². The number of alkyl halides is 1. The molecule has 3 aromatic rings. The highest BCUT2D eigenvalue weighted by Crippen LogP contribution is 2.42. The van der Waals surface area contributed by atoms with Crippen molar-refractivity contribution in [3.05, 3.63) is 40.4 Å². The topological polar surface area (TPSA) is 96.6 Å². The Hall–Kier alpha value is -3.31. The zero-order valence-electron chi connectivity index (χ0n) is 25.9. The van der Waals surface area contributed by atoms with Gasteiger partial charge in [-0.3, -0.25) is 9.69 Å². The Balaban J connectivity index is 1.34. The van der Waals surface area contributed by atoms with Gasteiger partial charge in [-0.25, -0.2) is 13.2 Å². The number of aromatic nitrogens is 2. The van der Waals surface area contributed by atoms with Gasteiger partial charge < -0.3 is 20.7 Å². The van der Waals surface area contributed by atoms with E-state index in [0.717, 1.165) is 45.2 Å². The Morgan fingerprint density at radius 1 is 1.04 bits per heavy atom. The van der Waals surface area contributed by atoms with Crippen LogP contribution in [0.1, 0.15) is 63.4 Å². The first kappa shape index (κ1) is 31.3. The molecule has 246 valence electrons. The van der Waals surface area contributed by atoms with Gasteiger partial charge in [-0.2, -0.15) is 9.97 Å². The largest absolute Gasteiger partial charge is 0.461 e. The zero-order valence-corrected chi connectivity index (χ0v) is 26.7. The lowest BCUT2D eigenvalue weighted by Gasteiger charge is -2.35. The normalized spacial score (nSPS) is 25.7. The number of nitrogens with zero attached hydrogens (tertiary/aromatic N) is 4. The Labute approximate surface area is 271 Å². The monoisotopic (exact) mass is 656 g/mol. The fourth-order valence-corrected chi connectivity index (χ4v) is 8.35. The highest BCUT2D eigenvalue weighted by atomic mass is 35.5. The Morgan fingerprint density at radius 3 is 2.76 bits per heavy atom. The third-order valence-corrected chi connectivity index (χ3v) is 10.8. The van der Waals surface area contributed by atoms with E-state index in [2.05, 4.69) is 20.1 Å². The van der Waals surface area contributed by atoms with Crippen LogP contribution in [0.2, 0.25) is 5.02 Å². The summed E-state index contributed by atoms with van der Waals surface area (Å²) in [7, 11) is 0. The van der Waals surface area contributed by atoms with Crippen LogP contribution in [0, 0.1) is 17.6 Å². The molecule has 0 spiro atoms. The number of nitrogens with one attached hydrogen (secondary N) is 1. The van der Waals surface area contributed by atoms with Crippen molar-refractivity contribution < 1.29 is 22.7 Å². The summed E-state index contributed by atoms with van der Waals surface area (Å²) in [6.45, 7) is 3.44. The lowest BCUT2D eigenvalue weighted by Crippen LogP contribution is -2.43. The first-order valence-corrected chi connectivity index (χ1v) is 16.9. The maximum absolute atomic E-state index is 16.8. The number of ether oxygens (including phenoxy) is 1. The van der Waals surface area contributed by atoms with Crippen molar-refractivity contribution in [1.29, 1.82) is 0 Å². The number of hydrogen-bond acceptors (Lipinski definition) is 7. The molecule has 8 rings (SSSR count). The molecule has 5 aliphatic heterocycles. The number of piperidine rings is 1. The lowest BCUT2D eigenvalue weighted by molar-refractivity contribution is -0.121. The van der Waals surface area contributed by atoms with Crippen molar-refractivity contribution in [3.8, 4) is 17.1 Å². The lowest BCUT2D eigenvalue weighted by atomic mass is 9.92. The second-order valence-electron chi connectivity index (χ2n) is 13.4. The molecule has 1 unspecified atom stereocenters. The molecule has 12 heteroatoms. The second kappa shape index (κ2) is 12.7. The average molecular weight is 657 g/mol. The SMILES string of the molecule is Nc1cc2c(c(Cl)c1F)CCCCC(=O)NCCC1CCCN(C1)c1nc(OC[C@@]34CCCN3C[C@H](F)C4)nc3c(F)c-2ccc13. The number of carbonyl (C=O) groups excluding carboxylic acids is 1. The predicted molar refractivity (Wildman–Crippen MR) is 173 cm³/mol. The first-order valence-electron chi connectivity index (χ1n) is 16.5. The summed E-state index contributed by atoms with van der Waals surface area (Å²) >= 11 is 6.49. The van der Waals surface area contributed by atoms with E-state index in [1.54, 1.807) is 12.1 Å². The molecule has 46 heavy (non-hydrogen) atoms. The number of nitrogens with two attached hydrogens (primary N) is 1. The van der Waals surface area contributed by atoms with Crippen molar-refractivity contribution in [2.24, 2.45) is 5.92 Å². The average Bonchev–Trinajstić information content (AvgIpc) is 3.57. The van der Waals surface area contributed by atoms with Gasteiger partial charge in [0.2, 0.25) is 5.91 Å². The summed E-state index contributed by atoms with van der Waals surface area (Å²) in [5.41, 5.74) is 6.50. The molecule has 0 saturated carbocycles. The van der Waals surface area contributed by atoms with E-state index >= 15 is 4.39 Å². The highest BCUT2D eigenvalue weighted by Gasteiger charge is 2.49. The summed E-state index contributed by atoms with van der Waals surface area (Å²) in [6.07, 6.45) is 5.86. The molecule has 0 aliphatic carbocycles. The van der Waals surface area contributed by atoms with Crippen molar-refractivity contribution >= 4 is 39.9 Å². The van der Waals surface area contributed by atoms with E-state index in [9.17, 15) is 13.6 Å². The molecule has 3 saturated heterocycles. The van der Waals surface area contributed by atoms with Gasteiger partial charge in [-0.05, 0) is 87.1 Å². The quantitative estimate of drug-likeness (QED) is 0.324.